The van der Waals surface area contributed by atoms with E-state index in [2.05, 4.69) is 15.4 Å². The van der Waals surface area contributed by atoms with Gasteiger partial charge in [0.25, 0.3) is 0 Å². The van der Waals surface area contributed by atoms with Crippen LogP contribution in [0.5, 0.6) is 5.75 Å². The normalized spacial score (nSPS) is 21.2. The maximum Gasteiger partial charge on any atom is 0.573 e. The lowest BCUT2D eigenvalue weighted by Crippen LogP contribution is -2.42. The molecule has 1 saturated heterocycles. The molecule has 1 aromatic rings. The molecule has 0 amide bonds. The smallest absolute Gasteiger partial charge is 0.406 e. The van der Waals surface area contributed by atoms with Gasteiger partial charge >= 0.3 is 6.36 Å². The number of piperazine rings is 1. The fourth-order valence-electron chi connectivity index (χ4n) is 1.79. The fourth-order valence-corrected chi connectivity index (χ4v) is 1.79. The van der Waals surface area contributed by atoms with E-state index in [9.17, 15) is 13.2 Å². The van der Waals surface area contributed by atoms with Gasteiger partial charge in [0.15, 0.2) is 0 Å². The van der Waals surface area contributed by atoms with Crippen LogP contribution in [0, 0.1) is 0 Å². The molecule has 1 fully saturated rings. The molecular formula is C11H13F3N2O. The Bertz CT molecular complexity index is 358. The first kappa shape index (κ1) is 12.2. The third-order valence-corrected chi connectivity index (χ3v) is 2.56. The number of rotatable bonds is 2. The molecule has 1 heterocycles. The van der Waals surface area contributed by atoms with Gasteiger partial charge in [0.2, 0.25) is 0 Å². The summed E-state index contributed by atoms with van der Waals surface area (Å²) in [6.07, 6.45) is -4.63. The first-order valence-corrected chi connectivity index (χ1v) is 5.34. The number of nitrogens with one attached hydrogen (secondary N) is 2. The van der Waals surface area contributed by atoms with E-state index >= 15 is 0 Å². The van der Waals surface area contributed by atoms with Crippen LogP contribution in [0.15, 0.2) is 24.3 Å². The van der Waals surface area contributed by atoms with Gasteiger partial charge in [-0.05, 0) is 17.7 Å². The third kappa shape index (κ3) is 3.61. The molecule has 0 aromatic heterocycles. The van der Waals surface area contributed by atoms with Gasteiger partial charge in [-0.15, -0.1) is 13.2 Å². The summed E-state index contributed by atoms with van der Waals surface area (Å²) in [7, 11) is 0. The van der Waals surface area contributed by atoms with Crippen LogP contribution < -0.4 is 15.4 Å². The van der Waals surface area contributed by atoms with Crippen molar-refractivity contribution in [2.24, 2.45) is 0 Å². The lowest BCUT2D eigenvalue weighted by atomic mass is 10.1. The highest BCUT2D eigenvalue weighted by atomic mass is 19.4. The Kier molecular flexibility index (Phi) is 3.54. The van der Waals surface area contributed by atoms with Crippen LogP contribution in [-0.4, -0.2) is 26.0 Å². The SMILES string of the molecule is FC(F)(F)Oc1ccc([C@H]2CNCCN2)cc1. The van der Waals surface area contributed by atoms with Gasteiger partial charge in [-0.2, -0.15) is 0 Å². The van der Waals surface area contributed by atoms with Crippen LogP contribution in [0.2, 0.25) is 0 Å². The van der Waals surface area contributed by atoms with Gasteiger partial charge in [-0.3, -0.25) is 0 Å². The van der Waals surface area contributed by atoms with Crippen molar-refractivity contribution in [3.05, 3.63) is 29.8 Å². The molecule has 17 heavy (non-hydrogen) atoms. The Hall–Kier alpha value is -1.27. The zero-order valence-electron chi connectivity index (χ0n) is 9.05. The topological polar surface area (TPSA) is 33.3 Å². The van der Waals surface area contributed by atoms with E-state index in [1.165, 1.54) is 12.1 Å². The van der Waals surface area contributed by atoms with Crippen molar-refractivity contribution in [1.82, 2.24) is 10.6 Å². The average Bonchev–Trinajstić information content (AvgIpc) is 2.29. The minimum absolute atomic E-state index is 0.142. The zero-order valence-corrected chi connectivity index (χ0v) is 9.05. The largest absolute Gasteiger partial charge is 0.573 e. The number of benzene rings is 1. The summed E-state index contributed by atoms with van der Waals surface area (Å²) >= 11 is 0. The number of alkyl halides is 3. The molecule has 2 N–H and O–H groups in total. The van der Waals surface area contributed by atoms with Gasteiger partial charge in [0, 0.05) is 25.7 Å². The van der Waals surface area contributed by atoms with Crippen molar-refractivity contribution in [2.75, 3.05) is 19.6 Å². The number of hydrogen-bond acceptors (Lipinski definition) is 3. The van der Waals surface area contributed by atoms with Crippen molar-refractivity contribution in [3.63, 3.8) is 0 Å². The van der Waals surface area contributed by atoms with Crippen LogP contribution in [0.3, 0.4) is 0 Å². The molecule has 0 bridgehead atoms. The Labute approximate surface area is 97.0 Å². The first-order valence-electron chi connectivity index (χ1n) is 5.34. The van der Waals surface area contributed by atoms with Gasteiger partial charge in [-0.25, -0.2) is 0 Å². The van der Waals surface area contributed by atoms with Crippen LogP contribution in [0.25, 0.3) is 0 Å². The molecule has 3 nitrogen and oxygen atoms in total. The molecule has 6 heteroatoms. The van der Waals surface area contributed by atoms with Crippen LogP contribution >= 0.6 is 0 Å². The minimum Gasteiger partial charge on any atom is -0.406 e. The van der Waals surface area contributed by atoms with Crippen molar-refractivity contribution < 1.29 is 17.9 Å². The lowest BCUT2D eigenvalue weighted by molar-refractivity contribution is -0.274. The Morgan fingerprint density at radius 3 is 2.35 bits per heavy atom. The predicted molar refractivity (Wildman–Crippen MR) is 56.7 cm³/mol. The van der Waals surface area contributed by atoms with Gasteiger partial charge < -0.3 is 15.4 Å². The van der Waals surface area contributed by atoms with E-state index in [-0.39, 0.29) is 11.8 Å². The molecule has 0 spiro atoms. The van der Waals surface area contributed by atoms with Gasteiger partial charge in [0.05, 0.1) is 0 Å². The van der Waals surface area contributed by atoms with E-state index in [0.29, 0.717) is 0 Å². The van der Waals surface area contributed by atoms with E-state index < -0.39 is 6.36 Å². The van der Waals surface area contributed by atoms with Crippen molar-refractivity contribution in [3.8, 4) is 5.75 Å². The predicted octanol–water partition coefficient (Wildman–Crippen LogP) is 1.82. The molecular weight excluding hydrogens is 233 g/mol. The highest BCUT2D eigenvalue weighted by Crippen LogP contribution is 2.24. The first-order chi connectivity index (χ1) is 8.04. The molecule has 1 aromatic carbocycles. The molecule has 2 rings (SSSR count). The Balaban J connectivity index is 2.02. The maximum absolute atomic E-state index is 12.0. The van der Waals surface area contributed by atoms with E-state index in [4.69, 9.17) is 0 Å². The Morgan fingerprint density at radius 1 is 1.12 bits per heavy atom. The number of ether oxygens (including phenoxy) is 1. The molecule has 0 saturated carbocycles. The van der Waals surface area contributed by atoms with E-state index in [1.807, 2.05) is 0 Å². The second kappa shape index (κ2) is 4.93. The molecule has 1 aliphatic rings. The second-order valence-corrected chi connectivity index (χ2v) is 3.83. The molecule has 0 aliphatic carbocycles. The lowest BCUT2D eigenvalue weighted by Gasteiger charge is -2.25. The monoisotopic (exact) mass is 246 g/mol. The van der Waals surface area contributed by atoms with Crippen LogP contribution in [0.1, 0.15) is 11.6 Å². The second-order valence-electron chi connectivity index (χ2n) is 3.83. The summed E-state index contributed by atoms with van der Waals surface area (Å²) < 4.78 is 39.7. The average molecular weight is 246 g/mol. The van der Waals surface area contributed by atoms with Crippen molar-refractivity contribution in [1.29, 1.82) is 0 Å². The molecule has 1 aliphatic heterocycles. The van der Waals surface area contributed by atoms with E-state index in [1.54, 1.807) is 12.1 Å². The summed E-state index contributed by atoms with van der Waals surface area (Å²) in [4.78, 5) is 0. The molecule has 94 valence electrons. The summed E-state index contributed by atoms with van der Waals surface area (Å²) in [6.45, 7) is 2.54. The van der Waals surface area contributed by atoms with Gasteiger partial charge in [-0.1, -0.05) is 12.1 Å². The highest BCUT2D eigenvalue weighted by Gasteiger charge is 2.31. The molecule has 0 radical (unpaired) electrons. The van der Waals surface area contributed by atoms with Crippen molar-refractivity contribution in [2.45, 2.75) is 12.4 Å². The zero-order chi connectivity index (χ0) is 12.3. The standard InChI is InChI=1S/C11H13F3N2O/c12-11(13,14)17-9-3-1-8(2-4-9)10-7-15-5-6-16-10/h1-4,10,15-16H,5-7H2/t10-/m1/s1. The van der Waals surface area contributed by atoms with Crippen LogP contribution in [0.4, 0.5) is 13.2 Å². The summed E-state index contributed by atoms with van der Waals surface area (Å²) in [5.41, 5.74) is 0.951. The van der Waals surface area contributed by atoms with Crippen molar-refractivity contribution >= 4 is 0 Å². The number of halogens is 3. The van der Waals surface area contributed by atoms with Crippen LogP contribution in [-0.2, 0) is 0 Å². The summed E-state index contributed by atoms with van der Waals surface area (Å²) in [6, 6.07) is 6.10. The van der Waals surface area contributed by atoms with E-state index in [0.717, 1.165) is 25.2 Å². The van der Waals surface area contributed by atoms with Gasteiger partial charge in [0.1, 0.15) is 5.75 Å². The minimum atomic E-state index is -4.63. The number of hydrogen-bond donors (Lipinski definition) is 2. The molecule has 0 unspecified atom stereocenters. The fraction of sp³-hybridized carbons (Fsp3) is 0.455. The third-order valence-electron chi connectivity index (χ3n) is 2.56. The quantitative estimate of drug-likeness (QED) is 0.835. The maximum atomic E-state index is 12.0. The molecule has 1 atom stereocenters. The Morgan fingerprint density at radius 2 is 1.82 bits per heavy atom. The summed E-state index contributed by atoms with van der Waals surface area (Å²) in [5.74, 6) is -0.190. The summed E-state index contributed by atoms with van der Waals surface area (Å²) in [5, 5.41) is 6.49. The highest BCUT2D eigenvalue weighted by molar-refractivity contribution is 5.29.